The highest BCUT2D eigenvalue weighted by molar-refractivity contribution is 9.10. The topological polar surface area (TPSA) is 66.5 Å². The van der Waals surface area contributed by atoms with Crippen LogP contribution in [0.3, 0.4) is 0 Å². The second-order valence-electron chi connectivity index (χ2n) is 6.59. The Morgan fingerprint density at radius 1 is 0.897 bits per heavy atom. The van der Waals surface area contributed by atoms with Crippen molar-refractivity contribution in [2.75, 3.05) is 5.32 Å². The highest BCUT2D eigenvalue weighted by atomic mass is 79.9. The van der Waals surface area contributed by atoms with Crippen LogP contribution in [0.2, 0.25) is 0 Å². The molecule has 2 heterocycles. The van der Waals surface area contributed by atoms with E-state index in [0.29, 0.717) is 28.6 Å². The summed E-state index contributed by atoms with van der Waals surface area (Å²) in [6.45, 7) is -0.575. The van der Waals surface area contributed by atoms with Gasteiger partial charge in [0, 0.05) is 20.8 Å². The Morgan fingerprint density at radius 2 is 1.72 bits per heavy atom. The van der Waals surface area contributed by atoms with Gasteiger partial charge in [-0.15, -0.1) is 0 Å². The Kier molecular flexibility index (Phi) is 4.44. The quantitative estimate of drug-likeness (QED) is 0.346. The molecule has 0 atom stereocenters. The number of aromatic nitrogens is 4. The molecule has 0 fully saturated rings. The third-order valence-electron chi connectivity index (χ3n) is 4.77. The first-order chi connectivity index (χ1) is 14.2. The number of hydrogen-bond donors (Lipinski definition) is 2. The lowest BCUT2D eigenvalue weighted by molar-refractivity contribution is 0.486. The van der Waals surface area contributed by atoms with E-state index in [2.05, 4.69) is 36.4 Å². The van der Waals surface area contributed by atoms with Crippen LogP contribution in [0.25, 0.3) is 33.2 Å². The molecule has 0 aliphatic rings. The average molecular weight is 448 g/mol. The lowest BCUT2D eigenvalue weighted by Gasteiger charge is -2.11. The molecule has 2 aromatic heterocycles. The van der Waals surface area contributed by atoms with Crippen LogP contribution in [0.15, 0.2) is 71.2 Å². The number of rotatable bonds is 4. The maximum absolute atomic E-state index is 13.5. The molecule has 0 bridgehead atoms. The predicted molar refractivity (Wildman–Crippen MR) is 117 cm³/mol. The summed E-state index contributed by atoms with van der Waals surface area (Å²) >= 11 is 3.47. The molecule has 2 N–H and O–H groups in total. The van der Waals surface area contributed by atoms with Gasteiger partial charge in [-0.25, -0.2) is 14.4 Å². The van der Waals surface area contributed by atoms with E-state index in [1.165, 1.54) is 0 Å². The highest BCUT2D eigenvalue weighted by Crippen LogP contribution is 2.31. The van der Waals surface area contributed by atoms with Gasteiger partial charge in [0.1, 0.15) is 12.5 Å². The van der Waals surface area contributed by atoms with E-state index in [0.717, 1.165) is 26.3 Å². The number of alkyl halides is 1. The zero-order valence-corrected chi connectivity index (χ0v) is 16.7. The van der Waals surface area contributed by atoms with E-state index >= 15 is 0 Å². The molecule has 3 aromatic carbocycles. The maximum atomic E-state index is 13.5. The minimum Gasteiger partial charge on any atom is -0.322 e. The number of hydrogen-bond acceptors (Lipinski definition) is 4. The fourth-order valence-electron chi connectivity index (χ4n) is 3.35. The van der Waals surface area contributed by atoms with Gasteiger partial charge in [-0.05, 0) is 35.9 Å². The molecule has 0 spiro atoms. The molecule has 0 saturated heterocycles. The Morgan fingerprint density at radius 3 is 2.62 bits per heavy atom. The van der Waals surface area contributed by atoms with E-state index in [-0.39, 0.29) is 0 Å². The Labute approximate surface area is 174 Å². The predicted octanol–water partition coefficient (Wildman–Crippen LogP) is 6.15. The molecule has 7 heteroatoms. The van der Waals surface area contributed by atoms with E-state index < -0.39 is 6.67 Å². The van der Waals surface area contributed by atoms with Gasteiger partial charge in [0.05, 0.1) is 11.0 Å². The third kappa shape index (κ3) is 3.23. The SMILES string of the molecule is FCc1ccccc1-c1nc(Nc2n[nH]c3cc(Br)ccc23)c2ccccc2n1. The number of aromatic amines is 1. The lowest BCUT2D eigenvalue weighted by Crippen LogP contribution is -2.01. The van der Waals surface area contributed by atoms with Crippen molar-refractivity contribution in [3.8, 4) is 11.4 Å². The number of nitrogens with zero attached hydrogens (tertiary/aromatic N) is 3. The van der Waals surface area contributed by atoms with E-state index in [1.807, 2.05) is 60.7 Å². The van der Waals surface area contributed by atoms with Gasteiger partial charge in [0.15, 0.2) is 11.6 Å². The molecule has 5 aromatic rings. The van der Waals surface area contributed by atoms with Crippen molar-refractivity contribution in [1.29, 1.82) is 0 Å². The summed E-state index contributed by atoms with van der Waals surface area (Å²) in [5, 5.41) is 12.6. The molecular formula is C22H15BrFN5. The first-order valence-corrected chi connectivity index (χ1v) is 9.84. The Balaban J connectivity index is 1.68. The average Bonchev–Trinajstić information content (AvgIpc) is 3.15. The second kappa shape index (κ2) is 7.25. The number of H-pyrrole nitrogens is 1. The Hall–Kier alpha value is -3.32. The zero-order valence-electron chi connectivity index (χ0n) is 15.2. The van der Waals surface area contributed by atoms with Gasteiger partial charge in [-0.1, -0.05) is 52.3 Å². The van der Waals surface area contributed by atoms with E-state index in [1.54, 1.807) is 6.07 Å². The number of halogens is 2. The molecule has 0 aliphatic heterocycles. The molecule has 0 saturated carbocycles. The highest BCUT2D eigenvalue weighted by Gasteiger charge is 2.14. The number of nitrogens with one attached hydrogen (secondary N) is 2. The van der Waals surface area contributed by atoms with Crippen molar-refractivity contribution in [2.45, 2.75) is 6.67 Å². The first kappa shape index (κ1) is 17.8. The number of anilines is 2. The minimum atomic E-state index is -0.575. The van der Waals surface area contributed by atoms with Gasteiger partial charge in [0.2, 0.25) is 0 Å². The Bertz CT molecular complexity index is 1350. The normalized spacial score (nSPS) is 11.2. The number of fused-ring (bicyclic) bond motifs is 2. The van der Waals surface area contributed by atoms with E-state index in [9.17, 15) is 4.39 Å². The van der Waals surface area contributed by atoms with E-state index in [4.69, 9.17) is 4.98 Å². The molecule has 0 unspecified atom stereocenters. The third-order valence-corrected chi connectivity index (χ3v) is 5.26. The van der Waals surface area contributed by atoms with Crippen molar-refractivity contribution in [3.05, 3.63) is 76.8 Å². The minimum absolute atomic E-state index is 0.474. The molecular weight excluding hydrogens is 433 g/mol. The largest absolute Gasteiger partial charge is 0.322 e. The van der Waals surface area contributed by atoms with Crippen molar-refractivity contribution in [2.24, 2.45) is 0 Å². The van der Waals surface area contributed by atoms with Gasteiger partial charge < -0.3 is 5.32 Å². The molecule has 142 valence electrons. The molecule has 0 amide bonds. The summed E-state index contributed by atoms with van der Waals surface area (Å²) in [5.74, 6) is 1.76. The number of benzene rings is 3. The van der Waals surface area contributed by atoms with Crippen LogP contribution < -0.4 is 5.32 Å². The van der Waals surface area contributed by atoms with Crippen molar-refractivity contribution in [1.82, 2.24) is 20.2 Å². The molecule has 0 radical (unpaired) electrons. The van der Waals surface area contributed by atoms with Crippen LogP contribution in [0.1, 0.15) is 5.56 Å². The summed E-state index contributed by atoms with van der Waals surface area (Å²) in [7, 11) is 0. The van der Waals surface area contributed by atoms with Crippen LogP contribution in [-0.4, -0.2) is 20.2 Å². The van der Waals surface area contributed by atoms with Crippen LogP contribution >= 0.6 is 15.9 Å². The van der Waals surface area contributed by atoms with Gasteiger partial charge in [-0.2, -0.15) is 5.10 Å². The van der Waals surface area contributed by atoms with Crippen LogP contribution in [0, 0.1) is 0 Å². The van der Waals surface area contributed by atoms with Crippen LogP contribution in [0.4, 0.5) is 16.0 Å². The summed E-state index contributed by atoms with van der Waals surface area (Å²) in [5.41, 5.74) is 2.92. The molecule has 0 aliphatic carbocycles. The van der Waals surface area contributed by atoms with Gasteiger partial charge in [-0.3, -0.25) is 5.10 Å². The standard InChI is InChI=1S/C22H15BrFN5/c23-14-9-10-17-19(11-14)28-29-22(17)27-21-16-7-3-4-8-18(16)25-20(26-21)15-6-2-1-5-13(15)12-24/h1-11H,12H2,(H2,25,26,27,28,29). The second-order valence-corrected chi connectivity index (χ2v) is 7.51. The summed E-state index contributed by atoms with van der Waals surface area (Å²) < 4.78 is 14.5. The van der Waals surface area contributed by atoms with Crippen molar-refractivity contribution >= 4 is 49.4 Å². The van der Waals surface area contributed by atoms with Gasteiger partial charge in [0.25, 0.3) is 0 Å². The zero-order chi connectivity index (χ0) is 19.8. The smallest absolute Gasteiger partial charge is 0.162 e. The van der Waals surface area contributed by atoms with Crippen molar-refractivity contribution < 1.29 is 4.39 Å². The maximum Gasteiger partial charge on any atom is 0.162 e. The molecule has 5 rings (SSSR count). The van der Waals surface area contributed by atoms with Gasteiger partial charge >= 0.3 is 0 Å². The van der Waals surface area contributed by atoms with Crippen LogP contribution in [0.5, 0.6) is 0 Å². The fourth-order valence-corrected chi connectivity index (χ4v) is 3.71. The van der Waals surface area contributed by atoms with Crippen LogP contribution in [-0.2, 0) is 6.67 Å². The lowest BCUT2D eigenvalue weighted by atomic mass is 10.1. The summed E-state index contributed by atoms with van der Waals surface area (Å²) in [6.07, 6.45) is 0. The first-order valence-electron chi connectivity index (χ1n) is 9.04. The monoisotopic (exact) mass is 447 g/mol. The fraction of sp³-hybridized carbons (Fsp3) is 0.0455. The summed E-state index contributed by atoms with van der Waals surface area (Å²) in [4.78, 5) is 9.39. The summed E-state index contributed by atoms with van der Waals surface area (Å²) in [6, 6.07) is 20.9. The molecule has 5 nitrogen and oxygen atoms in total. The molecule has 29 heavy (non-hydrogen) atoms. The number of para-hydroxylation sites is 1. The van der Waals surface area contributed by atoms with Crippen molar-refractivity contribution in [3.63, 3.8) is 0 Å².